The van der Waals surface area contributed by atoms with Crippen molar-refractivity contribution in [2.45, 2.75) is 33.1 Å². The molecule has 3 rings (SSSR count). The molecule has 0 unspecified atom stereocenters. The second-order valence-corrected chi connectivity index (χ2v) is 6.59. The van der Waals surface area contributed by atoms with E-state index < -0.39 is 0 Å². The van der Waals surface area contributed by atoms with Gasteiger partial charge in [-0.25, -0.2) is 0 Å². The highest BCUT2D eigenvalue weighted by Crippen LogP contribution is 2.46. The molecule has 0 nitrogen and oxygen atoms in total. The summed E-state index contributed by atoms with van der Waals surface area (Å²) in [6.45, 7) is 9.08. The minimum Gasteiger partial charge on any atom is -0.0907 e. The Balaban J connectivity index is 2.42. The van der Waals surface area contributed by atoms with Crippen molar-refractivity contribution < 1.29 is 0 Å². The number of hydrogen-bond acceptors (Lipinski definition) is 0. The molecule has 20 heavy (non-hydrogen) atoms. The number of benzene rings is 2. The van der Waals surface area contributed by atoms with E-state index in [1.54, 1.807) is 0 Å². The van der Waals surface area contributed by atoms with Crippen LogP contribution in [0.5, 0.6) is 0 Å². The lowest BCUT2D eigenvalue weighted by molar-refractivity contribution is 0.282. The molecule has 0 atom stereocenters. The van der Waals surface area contributed by atoms with Gasteiger partial charge in [-0.1, -0.05) is 68.2 Å². The molecular formula is C20H20. The van der Waals surface area contributed by atoms with Gasteiger partial charge in [-0.15, -0.1) is 0 Å². The van der Waals surface area contributed by atoms with E-state index in [1.807, 2.05) is 0 Å². The first-order valence-electron chi connectivity index (χ1n) is 7.15. The Kier molecular flexibility index (Phi) is 2.76. The van der Waals surface area contributed by atoms with Crippen LogP contribution >= 0.6 is 0 Å². The summed E-state index contributed by atoms with van der Waals surface area (Å²) >= 11 is 0. The maximum absolute atomic E-state index is 3.50. The predicted octanol–water partition coefficient (Wildman–Crippen LogP) is 5.02. The van der Waals surface area contributed by atoms with Crippen LogP contribution < -0.4 is 0 Å². The van der Waals surface area contributed by atoms with Crippen LogP contribution in [0.2, 0.25) is 0 Å². The lowest BCUT2D eigenvalue weighted by Crippen LogP contribution is -2.36. The van der Waals surface area contributed by atoms with Crippen molar-refractivity contribution in [3.63, 3.8) is 0 Å². The van der Waals surface area contributed by atoms with Gasteiger partial charge in [0.25, 0.3) is 0 Å². The van der Waals surface area contributed by atoms with E-state index in [0.717, 1.165) is 5.56 Å². The summed E-state index contributed by atoms with van der Waals surface area (Å²) in [5, 5.41) is 0. The molecule has 0 saturated heterocycles. The van der Waals surface area contributed by atoms with Gasteiger partial charge in [0.1, 0.15) is 0 Å². The molecule has 0 aliphatic heterocycles. The highest BCUT2D eigenvalue weighted by atomic mass is 14.4. The molecule has 0 aromatic heterocycles. The molecule has 100 valence electrons. The highest BCUT2D eigenvalue weighted by molar-refractivity contribution is 5.76. The number of fused-ring (bicyclic) bond motifs is 3. The van der Waals surface area contributed by atoms with E-state index in [0.29, 0.717) is 0 Å². The van der Waals surface area contributed by atoms with Crippen molar-refractivity contribution in [1.82, 2.24) is 0 Å². The Morgan fingerprint density at radius 3 is 2.10 bits per heavy atom. The summed E-state index contributed by atoms with van der Waals surface area (Å²) in [4.78, 5) is 0. The lowest BCUT2D eigenvalue weighted by Gasteiger charge is -2.40. The van der Waals surface area contributed by atoms with E-state index in [-0.39, 0.29) is 10.8 Å². The molecule has 0 bridgehead atoms. The Morgan fingerprint density at radius 2 is 1.35 bits per heavy atom. The molecule has 1 aliphatic rings. The van der Waals surface area contributed by atoms with Crippen molar-refractivity contribution in [1.29, 1.82) is 0 Å². The zero-order valence-corrected chi connectivity index (χ0v) is 12.6. The van der Waals surface area contributed by atoms with Crippen LogP contribution in [0.15, 0.2) is 48.5 Å². The van der Waals surface area contributed by atoms with Gasteiger partial charge in [0.2, 0.25) is 0 Å². The third-order valence-electron chi connectivity index (χ3n) is 4.89. The Hall–Kier alpha value is -2.00. The van der Waals surface area contributed by atoms with Gasteiger partial charge in [0.15, 0.2) is 0 Å². The second-order valence-electron chi connectivity index (χ2n) is 6.59. The summed E-state index contributed by atoms with van der Waals surface area (Å²) in [7, 11) is 0. The molecular weight excluding hydrogens is 240 g/mol. The van der Waals surface area contributed by atoms with Crippen molar-refractivity contribution in [2.24, 2.45) is 5.41 Å². The van der Waals surface area contributed by atoms with Gasteiger partial charge < -0.3 is 0 Å². The molecule has 0 radical (unpaired) electrons. The fourth-order valence-electron chi connectivity index (χ4n) is 2.81. The minimum absolute atomic E-state index is 0.00409. The minimum atomic E-state index is -0.0728. The summed E-state index contributed by atoms with van der Waals surface area (Å²) in [6, 6.07) is 17.2. The second kappa shape index (κ2) is 4.25. The Morgan fingerprint density at radius 1 is 0.750 bits per heavy atom. The van der Waals surface area contributed by atoms with Crippen LogP contribution in [0.1, 0.15) is 38.8 Å². The fourth-order valence-corrected chi connectivity index (χ4v) is 2.81. The van der Waals surface area contributed by atoms with E-state index in [4.69, 9.17) is 0 Å². The van der Waals surface area contributed by atoms with Crippen LogP contribution in [-0.4, -0.2) is 0 Å². The van der Waals surface area contributed by atoms with E-state index >= 15 is 0 Å². The first-order chi connectivity index (χ1) is 9.43. The lowest BCUT2D eigenvalue weighted by atomic mass is 9.62. The quantitative estimate of drug-likeness (QED) is 0.583. The highest BCUT2D eigenvalue weighted by Gasteiger charge is 2.39. The van der Waals surface area contributed by atoms with Crippen LogP contribution in [0.25, 0.3) is 11.1 Å². The topological polar surface area (TPSA) is 0 Å². The third kappa shape index (κ3) is 1.78. The molecule has 0 N–H and O–H groups in total. The first kappa shape index (κ1) is 13.0. The van der Waals surface area contributed by atoms with Gasteiger partial charge in [-0.05, 0) is 36.6 Å². The maximum Gasteiger partial charge on any atom is 0.0353 e. The summed E-state index contributed by atoms with van der Waals surface area (Å²) in [5.74, 6) is 6.90. The van der Waals surface area contributed by atoms with Crippen molar-refractivity contribution in [3.05, 3.63) is 59.7 Å². The van der Waals surface area contributed by atoms with Crippen LogP contribution in [-0.2, 0) is 5.41 Å². The summed E-state index contributed by atoms with van der Waals surface area (Å²) in [5.41, 5.74) is 5.00. The zero-order valence-electron chi connectivity index (χ0n) is 12.6. The molecule has 0 heteroatoms. The average Bonchev–Trinajstić information content (AvgIpc) is 2.44. The summed E-state index contributed by atoms with van der Waals surface area (Å²) in [6.07, 6.45) is 0. The first-order valence-corrected chi connectivity index (χ1v) is 7.15. The fraction of sp³-hybridized carbons (Fsp3) is 0.300. The normalized spacial score (nSPS) is 17.8. The van der Waals surface area contributed by atoms with Crippen LogP contribution in [0.4, 0.5) is 0 Å². The third-order valence-corrected chi connectivity index (χ3v) is 4.89. The Bertz CT molecular complexity index is 721. The van der Waals surface area contributed by atoms with Crippen molar-refractivity contribution in [2.75, 3.05) is 0 Å². The SMILES string of the molecule is CC1(C)C#Cc2ccccc2-c2ccccc2C1(C)C. The summed E-state index contributed by atoms with van der Waals surface area (Å²) < 4.78 is 0. The Labute approximate surface area is 121 Å². The van der Waals surface area contributed by atoms with Crippen molar-refractivity contribution in [3.8, 4) is 23.0 Å². The molecule has 2 aromatic rings. The monoisotopic (exact) mass is 260 g/mol. The molecule has 0 fully saturated rings. The van der Waals surface area contributed by atoms with E-state index in [2.05, 4.69) is 88.1 Å². The molecule has 0 spiro atoms. The van der Waals surface area contributed by atoms with Gasteiger partial charge >= 0.3 is 0 Å². The van der Waals surface area contributed by atoms with Crippen LogP contribution in [0.3, 0.4) is 0 Å². The molecule has 0 amide bonds. The predicted molar refractivity (Wildman–Crippen MR) is 85.6 cm³/mol. The smallest absolute Gasteiger partial charge is 0.0353 e. The molecule has 0 saturated carbocycles. The van der Waals surface area contributed by atoms with Crippen LogP contribution in [0, 0.1) is 17.3 Å². The number of rotatable bonds is 0. The standard InChI is InChI=1S/C20H20/c1-19(2)14-13-15-9-5-6-10-16(15)17-11-7-8-12-18(17)20(19,3)4/h5-12H,1-4H3. The average molecular weight is 260 g/mol. The van der Waals surface area contributed by atoms with Gasteiger partial charge in [0.05, 0.1) is 0 Å². The molecule has 1 aliphatic carbocycles. The zero-order chi connectivity index (χ0) is 14.4. The van der Waals surface area contributed by atoms with Crippen molar-refractivity contribution >= 4 is 0 Å². The molecule has 2 aromatic carbocycles. The molecule has 0 heterocycles. The number of hydrogen-bond donors (Lipinski definition) is 0. The maximum atomic E-state index is 3.50. The largest absolute Gasteiger partial charge is 0.0907 e. The van der Waals surface area contributed by atoms with Gasteiger partial charge in [-0.3, -0.25) is 0 Å². The van der Waals surface area contributed by atoms with E-state index in [1.165, 1.54) is 16.7 Å². The van der Waals surface area contributed by atoms with E-state index in [9.17, 15) is 0 Å². The van der Waals surface area contributed by atoms with Gasteiger partial charge in [0, 0.05) is 16.4 Å². The van der Waals surface area contributed by atoms with Gasteiger partial charge in [-0.2, -0.15) is 0 Å².